The zero-order chi connectivity index (χ0) is 24.8. The highest BCUT2D eigenvalue weighted by molar-refractivity contribution is 5.85. The first-order chi connectivity index (χ1) is 17.0. The molecule has 4 aromatic rings. The second-order valence-electron chi connectivity index (χ2n) is 8.31. The van der Waals surface area contributed by atoms with Crippen molar-refractivity contribution in [1.82, 2.24) is 10.3 Å². The van der Waals surface area contributed by atoms with E-state index in [4.69, 9.17) is 14.2 Å². The molecule has 0 spiro atoms. The van der Waals surface area contributed by atoms with Gasteiger partial charge in [-0.2, -0.15) is 0 Å². The lowest BCUT2D eigenvalue weighted by molar-refractivity contribution is -0.119. The summed E-state index contributed by atoms with van der Waals surface area (Å²) in [6.07, 6.45) is 2.03. The molecule has 1 amide bonds. The molecule has 3 aromatic carbocycles. The van der Waals surface area contributed by atoms with Gasteiger partial charge in [-0.1, -0.05) is 30.3 Å². The number of aromatic nitrogens is 1. The van der Waals surface area contributed by atoms with Crippen LogP contribution in [0.3, 0.4) is 0 Å². The van der Waals surface area contributed by atoms with Gasteiger partial charge < -0.3 is 29.4 Å². The summed E-state index contributed by atoms with van der Waals surface area (Å²) < 4.78 is 16.0. The zero-order valence-corrected chi connectivity index (χ0v) is 20.5. The van der Waals surface area contributed by atoms with Gasteiger partial charge in [-0.25, -0.2) is 0 Å². The molecule has 0 aliphatic heterocycles. The van der Waals surface area contributed by atoms with Gasteiger partial charge in [0.25, 0.3) is 0 Å². The largest absolute Gasteiger partial charge is 0.497 e. The zero-order valence-electron chi connectivity index (χ0n) is 20.5. The molecular formula is C28H31N3O4. The van der Waals surface area contributed by atoms with Gasteiger partial charge in [-0.3, -0.25) is 4.79 Å². The summed E-state index contributed by atoms with van der Waals surface area (Å²) >= 11 is 0. The molecular weight excluding hydrogens is 442 g/mol. The SMILES string of the molecule is COc1ccc(C(CNC(=O)CN(C)c2ccc(OC)c(OC)c2)c2c[nH]c3ccccc23)cc1. The maximum Gasteiger partial charge on any atom is 0.239 e. The number of hydrogen-bond donors (Lipinski definition) is 2. The van der Waals surface area contributed by atoms with E-state index in [-0.39, 0.29) is 18.4 Å². The highest BCUT2D eigenvalue weighted by Gasteiger charge is 2.20. The Morgan fingerprint density at radius 1 is 0.943 bits per heavy atom. The third-order valence-electron chi connectivity index (χ3n) is 6.21. The minimum absolute atomic E-state index is 0.0209. The molecule has 35 heavy (non-hydrogen) atoms. The summed E-state index contributed by atoms with van der Waals surface area (Å²) in [5.41, 5.74) is 4.17. The van der Waals surface area contributed by atoms with Crippen molar-refractivity contribution in [2.24, 2.45) is 0 Å². The molecule has 7 nitrogen and oxygen atoms in total. The molecule has 4 rings (SSSR count). The van der Waals surface area contributed by atoms with Crippen LogP contribution in [-0.2, 0) is 4.79 Å². The highest BCUT2D eigenvalue weighted by Crippen LogP contribution is 2.32. The number of rotatable bonds is 10. The molecule has 7 heteroatoms. The lowest BCUT2D eigenvalue weighted by atomic mass is 9.90. The Hall–Kier alpha value is -4.13. The van der Waals surface area contributed by atoms with Crippen molar-refractivity contribution in [3.05, 3.63) is 84.1 Å². The Morgan fingerprint density at radius 2 is 1.69 bits per heavy atom. The van der Waals surface area contributed by atoms with Gasteiger partial charge in [0.05, 0.1) is 27.9 Å². The van der Waals surface area contributed by atoms with Crippen molar-refractivity contribution >= 4 is 22.5 Å². The van der Waals surface area contributed by atoms with Crippen LogP contribution in [-0.4, -0.2) is 52.4 Å². The highest BCUT2D eigenvalue weighted by atomic mass is 16.5. The van der Waals surface area contributed by atoms with E-state index in [1.165, 1.54) is 0 Å². The monoisotopic (exact) mass is 473 g/mol. The summed E-state index contributed by atoms with van der Waals surface area (Å²) in [4.78, 5) is 18.2. The molecule has 0 aliphatic rings. The summed E-state index contributed by atoms with van der Waals surface area (Å²) in [7, 11) is 6.72. The molecule has 1 atom stereocenters. The molecule has 1 aromatic heterocycles. The van der Waals surface area contributed by atoms with E-state index in [0.717, 1.165) is 33.5 Å². The van der Waals surface area contributed by atoms with Crippen molar-refractivity contribution in [2.45, 2.75) is 5.92 Å². The minimum atomic E-state index is -0.0689. The van der Waals surface area contributed by atoms with Crippen LogP contribution in [0.5, 0.6) is 17.2 Å². The molecule has 1 heterocycles. The third-order valence-corrected chi connectivity index (χ3v) is 6.21. The van der Waals surface area contributed by atoms with Gasteiger partial charge in [0, 0.05) is 48.4 Å². The van der Waals surface area contributed by atoms with E-state index >= 15 is 0 Å². The number of ether oxygens (including phenoxy) is 3. The quantitative estimate of drug-likeness (QED) is 0.353. The first-order valence-electron chi connectivity index (χ1n) is 11.4. The van der Waals surface area contributed by atoms with Gasteiger partial charge in [0.2, 0.25) is 5.91 Å². The topological polar surface area (TPSA) is 75.8 Å². The van der Waals surface area contributed by atoms with Crippen molar-refractivity contribution in [3.8, 4) is 17.2 Å². The van der Waals surface area contributed by atoms with Gasteiger partial charge in [0.15, 0.2) is 11.5 Å². The predicted octanol–water partition coefficient (Wildman–Crippen LogP) is 4.58. The van der Waals surface area contributed by atoms with E-state index in [1.54, 1.807) is 21.3 Å². The Labute approximate surface area is 205 Å². The standard InChI is InChI=1S/C28H31N3O4/c1-31(20-11-14-26(34-3)27(15-20)35-4)18-28(32)30-16-23(19-9-12-21(33-2)13-10-19)24-17-29-25-8-6-5-7-22(24)25/h5-15,17,23,29H,16,18H2,1-4H3,(H,30,32). The van der Waals surface area contributed by atoms with Crippen LogP contribution in [0.1, 0.15) is 17.0 Å². The fraction of sp³-hybridized carbons (Fsp3) is 0.250. The number of nitrogens with zero attached hydrogens (tertiary/aromatic N) is 1. The average Bonchev–Trinajstić information content (AvgIpc) is 3.32. The van der Waals surface area contributed by atoms with Gasteiger partial charge in [0.1, 0.15) is 5.75 Å². The number of carbonyl (C=O) groups is 1. The van der Waals surface area contributed by atoms with E-state index in [2.05, 4.69) is 22.4 Å². The number of para-hydroxylation sites is 1. The van der Waals surface area contributed by atoms with Crippen LogP contribution < -0.4 is 24.4 Å². The van der Waals surface area contributed by atoms with Crippen LogP contribution in [0.4, 0.5) is 5.69 Å². The fourth-order valence-electron chi connectivity index (χ4n) is 4.27. The summed E-state index contributed by atoms with van der Waals surface area (Å²) in [6.45, 7) is 0.672. The average molecular weight is 474 g/mol. The van der Waals surface area contributed by atoms with Gasteiger partial charge in [-0.15, -0.1) is 0 Å². The lowest BCUT2D eigenvalue weighted by Gasteiger charge is -2.22. The number of amides is 1. The van der Waals surface area contributed by atoms with Crippen LogP contribution in [0.2, 0.25) is 0 Å². The maximum absolute atomic E-state index is 12.9. The number of aromatic amines is 1. The minimum Gasteiger partial charge on any atom is -0.497 e. The molecule has 182 valence electrons. The lowest BCUT2D eigenvalue weighted by Crippen LogP contribution is -2.37. The van der Waals surface area contributed by atoms with Gasteiger partial charge in [-0.05, 0) is 41.5 Å². The summed E-state index contributed by atoms with van der Waals surface area (Å²) in [5.74, 6) is 1.98. The third kappa shape index (κ3) is 5.35. The summed E-state index contributed by atoms with van der Waals surface area (Å²) in [5, 5.41) is 4.28. The Bertz CT molecular complexity index is 1280. The number of H-pyrrole nitrogens is 1. The van der Waals surface area contributed by atoms with Crippen molar-refractivity contribution < 1.29 is 19.0 Å². The number of benzene rings is 3. The maximum atomic E-state index is 12.9. The van der Waals surface area contributed by atoms with Crippen LogP contribution in [0.25, 0.3) is 10.9 Å². The predicted molar refractivity (Wildman–Crippen MR) is 139 cm³/mol. The molecule has 0 fully saturated rings. The van der Waals surface area contributed by atoms with Crippen LogP contribution >= 0.6 is 0 Å². The fourth-order valence-corrected chi connectivity index (χ4v) is 4.27. The van der Waals surface area contributed by atoms with E-state index in [0.29, 0.717) is 18.0 Å². The van der Waals surface area contributed by atoms with Crippen LogP contribution in [0.15, 0.2) is 72.9 Å². The van der Waals surface area contributed by atoms with E-state index < -0.39 is 0 Å². The second-order valence-corrected chi connectivity index (χ2v) is 8.31. The Morgan fingerprint density at radius 3 is 2.40 bits per heavy atom. The van der Waals surface area contributed by atoms with Crippen molar-refractivity contribution in [2.75, 3.05) is 46.4 Å². The number of carbonyl (C=O) groups excluding carboxylic acids is 1. The number of nitrogens with one attached hydrogen (secondary N) is 2. The summed E-state index contributed by atoms with van der Waals surface area (Å²) in [6, 6.07) is 21.8. The first-order valence-corrected chi connectivity index (χ1v) is 11.4. The molecule has 0 saturated carbocycles. The number of fused-ring (bicyclic) bond motifs is 1. The van der Waals surface area contributed by atoms with E-state index in [1.807, 2.05) is 72.7 Å². The number of hydrogen-bond acceptors (Lipinski definition) is 5. The Kier molecular flexibility index (Phi) is 7.45. The molecule has 0 bridgehead atoms. The van der Waals surface area contributed by atoms with E-state index in [9.17, 15) is 4.79 Å². The number of anilines is 1. The normalized spacial score (nSPS) is 11.7. The number of likely N-dealkylation sites (N-methyl/N-ethyl adjacent to an activating group) is 1. The molecule has 0 radical (unpaired) electrons. The van der Waals surface area contributed by atoms with Crippen molar-refractivity contribution in [3.63, 3.8) is 0 Å². The number of methoxy groups -OCH3 is 3. The molecule has 2 N–H and O–H groups in total. The second kappa shape index (κ2) is 10.9. The Balaban J connectivity index is 1.51. The molecule has 1 unspecified atom stereocenters. The first kappa shape index (κ1) is 24.0. The van der Waals surface area contributed by atoms with Crippen LogP contribution in [0, 0.1) is 0 Å². The van der Waals surface area contributed by atoms with Crippen molar-refractivity contribution in [1.29, 1.82) is 0 Å². The molecule has 0 saturated heterocycles. The van der Waals surface area contributed by atoms with Gasteiger partial charge >= 0.3 is 0 Å². The molecule has 0 aliphatic carbocycles. The smallest absolute Gasteiger partial charge is 0.239 e.